The van der Waals surface area contributed by atoms with Crippen LogP contribution in [0.2, 0.25) is 0 Å². The average molecular weight is 357 g/mol. The molecular weight excluding hydrogens is 330 g/mol. The van der Waals surface area contributed by atoms with Crippen molar-refractivity contribution in [1.82, 2.24) is 4.90 Å². The van der Waals surface area contributed by atoms with E-state index in [9.17, 15) is 5.11 Å². The van der Waals surface area contributed by atoms with Gasteiger partial charge in [0.2, 0.25) is 5.75 Å². The van der Waals surface area contributed by atoms with Crippen LogP contribution < -0.4 is 9.62 Å². The Labute approximate surface area is 154 Å². The lowest BCUT2D eigenvalue weighted by Crippen LogP contribution is -2.75. The highest BCUT2D eigenvalue weighted by molar-refractivity contribution is 5.62. The fourth-order valence-corrected chi connectivity index (χ4v) is 6.62. The van der Waals surface area contributed by atoms with Crippen LogP contribution in [0.25, 0.3) is 0 Å². The van der Waals surface area contributed by atoms with Gasteiger partial charge in [0.15, 0.2) is 5.75 Å². The molecule has 5 heteroatoms. The predicted molar refractivity (Wildman–Crippen MR) is 95.4 cm³/mol. The molecule has 0 aromatic heterocycles. The molecule has 4 atom stereocenters. The fourth-order valence-electron chi connectivity index (χ4n) is 6.62. The van der Waals surface area contributed by atoms with Crippen molar-refractivity contribution in [2.75, 3.05) is 20.2 Å². The lowest BCUT2D eigenvalue weighted by Gasteiger charge is -2.63. The molecule has 26 heavy (non-hydrogen) atoms. The zero-order valence-corrected chi connectivity index (χ0v) is 15.4. The maximum absolute atomic E-state index is 12.1. The number of rotatable bonds is 4. The molecule has 2 aliphatic heterocycles. The van der Waals surface area contributed by atoms with Gasteiger partial charge in [0.05, 0.1) is 18.1 Å². The van der Waals surface area contributed by atoms with Gasteiger partial charge in [0, 0.05) is 18.2 Å². The molecule has 2 bridgehead atoms. The first kappa shape index (κ1) is 15.7. The lowest BCUT2D eigenvalue weighted by molar-refractivity contribution is -0.187. The van der Waals surface area contributed by atoms with Crippen LogP contribution in [0.3, 0.4) is 0 Å². The van der Waals surface area contributed by atoms with Crippen LogP contribution in [0.1, 0.15) is 49.7 Å². The Hall–Kier alpha value is -1.30. The quantitative estimate of drug-likeness (QED) is 0.663. The van der Waals surface area contributed by atoms with E-state index in [2.05, 4.69) is 11.0 Å². The molecule has 1 spiro atoms. The summed E-state index contributed by atoms with van der Waals surface area (Å²) in [5.74, 6) is 2.32. The van der Waals surface area contributed by atoms with Gasteiger partial charge in [-0.15, -0.1) is 0 Å². The molecule has 0 amide bonds. The third-order valence-electron chi connectivity index (χ3n) is 7.82. The smallest absolute Gasteiger partial charge is 0.207 e. The molecule has 2 heterocycles. The second kappa shape index (κ2) is 5.15. The van der Waals surface area contributed by atoms with E-state index in [1.165, 1.54) is 31.1 Å². The van der Waals surface area contributed by atoms with E-state index in [1.807, 2.05) is 6.07 Å². The molecule has 5 nitrogen and oxygen atoms in total. The molecule has 5 aliphatic rings. The van der Waals surface area contributed by atoms with Crippen LogP contribution in [-0.2, 0) is 16.7 Å². The summed E-state index contributed by atoms with van der Waals surface area (Å²) in [7, 11) is 1.52. The number of benzene rings is 1. The SMILES string of the molecule is COOc1ccc2c3c1O[C@H]1CCC[C@@]4(O)[C@@H](C2)N(CC2CC2)CC[C@]314. The van der Waals surface area contributed by atoms with Crippen LogP contribution in [0.5, 0.6) is 11.5 Å². The molecule has 1 N–H and O–H groups in total. The number of aliphatic hydroxyl groups is 1. The molecule has 3 fully saturated rings. The van der Waals surface area contributed by atoms with Gasteiger partial charge in [0.1, 0.15) is 6.10 Å². The summed E-state index contributed by atoms with van der Waals surface area (Å²) >= 11 is 0. The standard InChI is InChI=1S/C21H27NO4/c1-24-26-15-7-6-14-11-16-21(23)8-2-3-17-20(21,18(14)19(15)25-17)9-10-22(16)12-13-4-5-13/h6-7,13,16-17,23H,2-5,8-12H2,1H3/t16-,17+,20-,21-/m1/s1. The number of piperidine rings is 1. The Morgan fingerprint density at radius 3 is 2.96 bits per heavy atom. The zero-order valence-electron chi connectivity index (χ0n) is 15.4. The maximum Gasteiger partial charge on any atom is 0.207 e. The van der Waals surface area contributed by atoms with E-state index in [-0.39, 0.29) is 17.6 Å². The molecule has 2 saturated carbocycles. The van der Waals surface area contributed by atoms with Gasteiger partial charge in [-0.1, -0.05) is 6.07 Å². The van der Waals surface area contributed by atoms with Crippen molar-refractivity contribution in [3.8, 4) is 11.5 Å². The summed E-state index contributed by atoms with van der Waals surface area (Å²) in [5, 5.41) is 12.1. The van der Waals surface area contributed by atoms with Crippen molar-refractivity contribution < 1.29 is 19.6 Å². The minimum absolute atomic E-state index is 0.0579. The summed E-state index contributed by atoms with van der Waals surface area (Å²) < 4.78 is 6.47. The van der Waals surface area contributed by atoms with Crippen LogP contribution in [-0.4, -0.2) is 48.0 Å². The topological polar surface area (TPSA) is 51.2 Å². The molecule has 3 aliphatic carbocycles. The summed E-state index contributed by atoms with van der Waals surface area (Å²) in [6, 6.07) is 4.36. The van der Waals surface area contributed by atoms with Gasteiger partial charge < -0.3 is 14.7 Å². The third-order valence-corrected chi connectivity index (χ3v) is 7.82. The Balaban J connectivity index is 1.53. The van der Waals surface area contributed by atoms with Crippen molar-refractivity contribution in [3.63, 3.8) is 0 Å². The number of ether oxygens (including phenoxy) is 1. The van der Waals surface area contributed by atoms with Crippen LogP contribution in [0, 0.1) is 5.92 Å². The number of nitrogens with zero attached hydrogens (tertiary/aromatic N) is 1. The Morgan fingerprint density at radius 2 is 2.15 bits per heavy atom. The normalized spacial score (nSPS) is 40.1. The van der Waals surface area contributed by atoms with Crippen LogP contribution in [0.15, 0.2) is 12.1 Å². The summed E-state index contributed by atoms with van der Waals surface area (Å²) in [6.07, 6.45) is 7.59. The fraction of sp³-hybridized carbons (Fsp3) is 0.714. The molecule has 0 unspecified atom stereocenters. The van der Waals surface area contributed by atoms with Gasteiger partial charge in [-0.2, -0.15) is 4.89 Å². The highest BCUT2D eigenvalue weighted by atomic mass is 17.2. The average Bonchev–Trinajstić information content (AvgIpc) is 3.37. The van der Waals surface area contributed by atoms with E-state index in [0.29, 0.717) is 5.75 Å². The molecule has 1 aromatic carbocycles. The molecule has 140 valence electrons. The van der Waals surface area contributed by atoms with E-state index in [1.54, 1.807) is 0 Å². The summed E-state index contributed by atoms with van der Waals surface area (Å²) in [5.41, 5.74) is 1.60. The first-order valence-corrected chi connectivity index (χ1v) is 10.2. The van der Waals surface area contributed by atoms with Gasteiger partial charge in [0.25, 0.3) is 0 Å². The van der Waals surface area contributed by atoms with Gasteiger partial charge >= 0.3 is 0 Å². The first-order chi connectivity index (χ1) is 12.7. The Morgan fingerprint density at radius 1 is 1.27 bits per heavy atom. The second-order valence-corrected chi connectivity index (χ2v) is 8.98. The predicted octanol–water partition coefficient (Wildman–Crippen LogP) is 2.58. The van der Waals surface area contributed by atoms with E-state index >= 15 is 0 Å². The van der Waals surface area contributed by atoms with Gasteiger partial charge in [-0.3, -0.25) is 4.90 Å². The van der Waals surface area contributed by atoms with Crippen molar-refractivity contribution in [3.05, 3.63) is 23.3 Å². The number of likely N-dealkylation sites (tertiary alicyclic amines) is 1. The largest absolute Gasteiger partial charge is 0.485 e. The maximum atomic E-state index is 12.1. The minimum Gasteiger partial charge on any atom is -0.485 e. The summed E-state index contributed by atoms with van der Waals surface area (Å²) in [4.78, 5) is 12.9. The van der Waals surface area contributed by atoms with Crippen molar-refractivity contribution in [2.24, 2.45) is 5.92 Å². The third kappa shape index (κ3) is 1.77. The van der Waals surface area contributed by atoms with Gasteiger partial charge in [-0.25, -0.2) is 0 Å². The molecule has 1 aromatic rings. The molecule has 1 saturated heterocycles. The van der Waals surface area contributed by atoms with E-state index in [0.717, 1.165) is 56.9 Å². The van der Waals surface area contributed by atoms with E-state index in [4.69, 9.17) is 14.5 Å². The molecule has 0 radical (unpaired) electrons. The van der Waals surface area contributed by atoms with Crippen LogP contribution >= 0.6 is 0 Å². The van der Waals surface area contributed by atoms with Crippen molar-refractivity contribution in [2.45, 2.75) is 68.1 Å². The lowest BCUT2D eigenvalue weighted by atomic mass is 9.49. The van der Waals surface area contributed by atoms with E-state index < -0.39 is 5.60 Å². The first-order valence-electron chi connectivity index (χ1n) is 10.2. The second-order valence-electron chi connectivity index (χ2n) is 8.98. The van der Waals surface area contributed by atoms with Gasteiger partial charge in [-0.05, 0) is 69.0 Å². The van der Waals surface area contributed by atoms with Crippen LogP contribution in [0.4, 0.5) is 0 Å². The zero-order chi connectivity index (χ0) is 17.5. The molecule has 6 rings (SSSR count). The van der Waals surface area contributed by atoms with Crippen molar-refractivity contribution >= 4 is 0 Å². The summed E-state index contributed by atoms with van der Waals surface area (Å²) in [6.45, 7) is 2.22. The Bertz CT molecular complexity index is 763. The number of hydrogen-bond donors (Lipinski definition) is 1. The number of hydrogen-bond acceptors (Lipinski definition) is 5. The highest BCUT2D eigenvalue weighted by Gasteiger charge is 2.71. The highest BCUT2D eigenvalue weighted by Crippen LogP contribution is 2.65. The molecular formula is C21H27NO4. The monoisotopic (exact) mass is 357 g/mol. The Kier molecular flexibility index (Phi) is 3.11. The minimum atomic E-state index is -0.687. The van der Waals surface area contributed by atoms with Crippen molar-refractivity contribution in [1.29, 1.82) is 0 Å².